The predicted molar refractivity (Wildman–Crippen MR) is 74.8 cm³/mol. The summed E-state index contributed by atoms with van der Waals surface area (Å²) in [5, 5.41) is 6.27. The van der Waals surface area contributed by atoms with Gasteiger partial charge in [-0.2, -0.15) is 0 Å². The fraction of sp³-hybridized carbons (Fsp3) is 0.214. The van der Waals surface area contributed by atoms with E-state index in [4.69, 9.17) is 4.74 Å². The van der Waals surface area contributed by atoms with Crippen LogP contribution in [0.3, 0.4) is 0 Å². The summed E-state index contributed by atoms with van der Waals surface area (Å²) in [6.07, 6.45) is 0. The normalized spacial score (nSPS) is 9.94. The van der Waals surface area contributed by atoms with Crippen LogP contribution in [-0.2, 0) is 0 Å². The van der Waals surface area contributed by atoms with Gasteiger partial charge in [0.15, 0.2) is 0 Å². The fourth-order valence-electron chi connectivity index (χ4n) is 1.70. The molecule has 2 N–H and O–H groups in total. The van der Waals surface area contributed by atoms with E-state index in [1.54, 1.807) is 7.11 Å². The predicted octanol–water partition coefficient (Wildman–Crippen LogP) is 3.18. The number of pyridine rings is 1. The highest BCUT2D eigenvalue weighted by atomic mass is 16.5. The van der Waals surface area contributed by atoms with Gasteiger partial charge in [0.25, 0.3) is 0 Å². The Labute approximate surface area is 107 Å². The van der Waals surface area contributed by atoms with Gasteiger partial charge >= 0.3 is 0 Å². The molecule has 2 rings (SSSR count). The maximum absolute atomic E-state index is 5.32. The van der Waals surface area contributed by atoms with Crippen LogP contribution < -0.4 is 15.4 Å². The van der Waals surface area contributed by atoms with Crippen molar-refractivity contribution in [3.8, 4) is 5.75 Å². The molecular formula is C14H17N3O. The van der Waals surface area contributed by atoms with Gasteiger partial charge in [-0.25, -0.2) is 4.98 Å². The van der Waals surface area contributed by atoms with Crippen LogP contribution in [0.1, 0.15) is 5.56 Å². The number of anilines is 3. The van der Waals surface area contributed by atoms with Crippen molar-refractivity contribution >= 4 is 17.3 Å². The van der Waals surface area contributed by atoms with Crippen LogP contribution in [0.15, 0.2) is 36.4 Å². The average Bonchev–Trinajstić information content (AvgIpc) is 2.39. The molecule has 4 heteroatoms. The van der Waals surface area contributed by atoms with Crippen LogP contribution in [-0.4, -0.2) is 19.1 Å². The molecule has 0 amide bonds. The molecule has 4 nitrogen and oxygen atoms in total. The van der Waals surface area contributed by atoms with Gasteiger partial charge < -0.3 is 15.4 Å². The highest BCUT2D eigenvalue weighted by Gasteiger charge is 2.04. The monoisotopic (exact) mass is 243 g/mol. The third kappa shape index (κ3) is 2.71. The average molecular weight is 243 g/mol. The standard InChI is InChI=1S/C14H17N3O/c1-10-7-8-12(18-3)11(9-10)16-14-6-4-5-13(15-2)17-14/h4-9H,1-3H3,(H2,15,16,17). The van der Waals surface area contributed by atoms with E-state index in [-0.39, 0.29) is 0 Å². The van der Waals surface area contributed by atoms with E-state index in [9.17, 15) is 0 Å². The first-order valence-electron chi connectivity index (χ1n) is 5.79. The van der Waals surface area contributed by atoms with Gasteiger partial charge in [-0.3, -0.25) is 0 Å². The summed E-state index contributed by atoms with van der Waals surface area (Å²) in [5.41, 5.74) is 2.08. The Bertz CT molecular complexity index is 540. The van der Waals surface area contributed by atoms with E-state index in [2.05, 4.69) is 15.6 Å². The van der Waals surface area contributed by atoms with Crippen molar-refractivity contribution in [1.82, 2.24) is 4.98 Å². The van der Waals surface area contributed by atoms with Gasteiger partial charge in [0.2, 0.25) is 0 Å². The Morgan fingerprint density at radius 1 is 1.11 bits per heavy atom. The maximum atomic E-state index is 5.32. The minimum atomic E-state index is 0.783. The van der Waals surface area contributed by atoms with Crippen molar-refractivity contribution in [3.05, 3.63) is 42.0 Å². The second-order valence-corrected chi connectivity index (χ2v) is 3.99. The maximum Gasteiger partial charge on any atom is 0.142 e. The Kier molecular flexibility index (Phi) is 3.67. The van der Waals surface area contributed by atoms with Crippen molar-refractivity contribution in [2.45, 2.75) is 6.92 Å². The van der Waals surface area contributed by atoms with Gasteiger partial charge in [-0.15, -0.1) is 0 Å². The molecular weight excluding hydrogens is 226 g/mol. The quantitative estimate of drug-likeness (QED) is 0.865. The van der Waals surface area contributed by atoms with Crippen molar-refractivity contribution < 1.29 is 4.74 Å². The van der Waals surface area contributed by atoms with E-state index in [0.29, 0.717) is 0 Å². The molecule has 0 saturated heterocycles. The lowest BCUT2D eigenvalue weighted by Gasteiger charge is -2.12. The molecule has 0 atom stereocenters. The van der Waals surface area contributed by atoms with Crippen LogP contribution in [0.25, 0.3) is 0 Å². The lowest BCUT2D eigenvalue weighted by molar-refractivity contribution is 0.416. The van der Waals surface area contributed by atoms with Crippen LogP contribution >= 0.6 is 0 Å². The summed E-state index contributed by atoms with van der Waals surface area (Å²) >= 11 is 0. The molecule has 0 spiro atoms. The minimum absolute atomic E-state index is 0.783. The molecule has 0 bridgehead atoms. The Balaban J connectivity index is 2.29. The van der Waals surface area contributed by atoms with Crippen LogP contribution in [0.4, 0.5) is 17.3 Å². The van der Waals surface area contributed by atoms with Crippen molar-refractivity contribution in [3.63, 3.8) is 0 Å². The number of rotatable bonds is 4. The number of aryl methyl sites for hydroxylation is 1. The number of methoxy groups -OCH3 is 1. The topological polar surface area (TPSA) is 46.2 Å². The van der Waals surface area contributed by atoms with Gasteiger partial charge in [0.1, 0.15) is 17.4 Å². The number of hydrogen-bond donors (Lipinski definition) is 2. The summed E-state index contributed by atoms with van der Waals surface area (Å²) in [6, 6.07) is 11.8. The van der Waals surface area contributed by atoms with Crippen LogP contribution in [0, 0.1) is 6.92 Å². The molecule has 0 fully saturated rings. The van der Waals surface area contributed by atoms with E-state index in [0.717, 1.165) is 23.1 Å². The Morgan fingerprint density at radius 2 is 1.89 bits per heavy atom. The van der Waals surface area contributed by atoms with E-state index >= 15 is 0 Å². The second-order valence-electron chi connectivity index (χ2n) is 3.99. The number of hydrogen-bond acceptors (Lipinski definition) is 4. The fourth-order valence-corrected chi connectivity index (χ4v) is 1.70. The van der Waals surface area contributed by atoms with E-state index < -0.39 is 0 Å². The summed E-state index contributed by atoms with van der Waals surface area (Å²) in [6.45, 7) is 2.04. The first-order chi connectivity index (χ1) is 8.72. The summed E-state index contributed by atoms with van der Waals surface area (Å²) in [7, 11) is 3.51. The van der Waals surface area contributed by atoms with Gasteiger partial charge in [-0.1, -0.05) is 12.1 Å². The summed E-state index contributed by atoms with van der Waals surface area (Å²) in [4.78, 5) is 4.41. The summed E-state index contributed by atoms with van der Waals surface area (Å²) < 4.78 is 5.32. The minimum Gasteiger partial charge on any atom is -0.495 e. The second kappa shape index (κ2) is 5.40. The van der Waals surface area contributed by atoms with Gasteiger partial charge in [0, 0.05) is 7.05 Å². The molecule has 0 aliphatic heterocycles. The third-order valence-corrected chi connectivity index (χ3v) is 2.62. The van der Waals surface area contributed by atoms with Crippen molar-refractivity contribution in [2.75, 3.05) is 24.8 Å². The van der Waals surface area contributed by atoms with E-state index in [1.165, 1.54) is 5.56 Å². The molecule has 2 aromatic rings. The number of aromatic nitrogens is 1. The smallest absolute Gasteiger partial charge is 0.142 e. The number of nitrogens with one attached hydrogen (secondary N) is 2. The molecule has 18 heavy (non-hydrogen) atoms. The molecule has 0 unspecified atom stereocenters. The molecule has 1 aromatic heterocycles. The highest BCUT2D eigenvalue weighted by molar-refractivity contribution is 5.65. The van der Waals surface area contributed by atoms with Crippen LogP contribution in [0.2, 0.25) is 0 Å². The Hall–Kier alpha value is -2.23. The summed E-state index contributed by atoms with van der Waals surface area (Å²) in [5.74, 6) is 2.41. The van der Waals surface area contributed by atoms with Crippen LogP contribution in [0.5, 0.6) is 5.75 Å². The first-order valence-corrected chi connectivity index (χ1v) is 5.79. The lowest BCUT2D eigenvalue weighted by atomic mass is 10.2. The molecule has 1 heterocycles. The zero-order chi connectivity index (χ0) is 13.0. The van der Waals surface area contributed by atoms with Crippen molar-refractivity contribution in [1.29, 1.82) is 0 Å². The highest BCUT2D eigenvalue weighted by Crippen LogP contribution is 2.28. The SMILES string of the molecule is CNc1cccc(Nc2cc(C)ccc2OC)n1. The number of benzene rings is 1. The molecule has 0 saturated carbocycles. The molecule has 0 aliphatic carbocycles. The molecule has 0 aliphatic rings. The Morgan fingerprint density at radius 3 is 2.61 bits per heavy atom. The molecule has 1 aromatic carbocycles. The zero-order valence-electron chi connectivity index (χ0n) is 10.8. The number of nitrogens with zero attached hydrogens (tertiary/aromatic N) is 1. The largest absolute Gasteiger partial charge is 0.495 e. The molecule has 94 valence electrons. The first kappa shape index (κ1) is 12.2. The zero-order valence-corrected chi connectivity index (χ0v) is 10.8. The van der Waals surface area contributed by atoms with Gasteiger partial charge in [-0.05, 0) is 36.8 Å². The molecule has 0 radical (unpaired) electrons. The number of ether oxygens (including phenoxy) is 1. The van der Waals surface area contributed by atoms with E-state index in [1.807, 2.05) is 50.4 Å². The lowest BCUT2D eigenvalue weighted by Crippen LogP contribution is -1.99. The third-order valence-electron chi connectivity index (χ3n) is 2.62. The van der Waals surface area contributed by atoms with Crippen molar-refractivity contribution in [2.24, 2.45) is 0 Å². The van der Waals surface area contributed by atoms with Gasteiger partial charge in [0.05, 0.1) is 12.8 Å².